The second-order valence-electron chi connectivity index (χ2n) is 9.40. The summed E-state index contributed by atoms with van der Waals surface area (Å²) in [6, 6.07) is 6.14. The van der Waals surface area contributed by atoms with E-state index in [0.717, 1.165) is 24.2 Å². The lowest BCUT2D eigenvalue weighted by Crippen LogP contribution is -2.40. The van der Waals surface area contributed by atoms with Crippen molar-refractivity contribution in [3.63, 3.8) is 0 Å². The molecule has 2 nitrogen and oxygen atoms in total. The van der Waals surface area contributed by atoms with Gasteiger partial charge in [-0.1, -0.05) is 24.6 Å². The molecular weight excluding hydrogens is 350 g/mol. The van der Waals surface area contributed by atoms with Crippen molar-refractivity contribution in [2.45, 2.75) is 51.4 Å². The van der Waals surface area contributed by atoms with Crippen molar-refractivity contribution >= 4 is 11.8 Å². The highest BCUT2D eigenvalue weighted by atomic mass is 32.2. The number of phenolic OH excluding ortho intramolecular Hbond substituents is 1. The average Bonchev–Trinajstić information content (AvgIpc) is 2.97. The molecule has 3 heteroatoms. The van der Waals surface area contributed by atoms with Crippen LogP contribution < -0.4 is 0 Å². The number of nitrogens with zero attached hydrogens (tertiary/aromatic N) is 1. The minimum Gasteiger partial charge on any atom is -0.508 e. The molecule has 4 rings (SSSR count). The number of benzene rings is 1. The van der Waals surface area contributed by atoms with Gasteiger partial charge in [-0.2, -0.15) is 11.8 Å². The van der Waals surface area contributed by atoms with Crippen molar-refractivity contribution in [3.05, 3.63) is 41.0 Å². The van der Waals surface area contributed by atoms with Gasteiger partial charge in [0.15, 0.2) is 0 Å². The predicted octanol–water partition coefficient (Wildman–Crippen LogP) is 5.47. The molecule has 1 N–H and O–H groups in total. The molecule has 0 radical (unpaired) electrons. The largest absolute Gasteiger partial charge is 0.508 e. The van der Waals surface area contributed by atoms with E-state index in [1.165, 1.54) is 55.7 Å². The third-order valence-corrected chi connectivity index (χ3v) is 8.56. The highest BCUT2D eigenvalue weighted by Gasteiger charge is 2.52. The Morgan fingerprint density at radius 3 is 2.89 bits per heavy atom. The summed E-state index contributed by atoms with van der Waals surface area (Å²) in [5.74, 6) is 5.27. The number of hydrogen-bond acceptors (Lipinski definition) is 3. The van der Waals surface area contributed by atoms with Gasteiger partial charge in [0.25, 0.3) is 0 Å². The summed E-state index contributed by atoms with van der Waals surface area (Å²) in [6.07, 6.45) is 10.4. The zero-order valence-corrected chi connectivity index (χ0v) is 18.0. The van der Waals surface area contributed by atoms with Crippen molar-refractivity contribution in [1.82, 2.24) is 4.90 Å². The first-order valence-corrected chi connectivity index (χ1v) is 11.9. The summed E-state index contributed by atoms with van der Waals surface area (Å²) in [5.41, 5.74) is 5.16. The molecule has 4 unspecified atom stereocenters. The van der Waals surface area contributed by atoms with Crippen LogP contribution in [0.15, 0.2) is 29.8 Å². The van der Waals surface area contributed by atoms with Crippen LogP contribution >= 0.6 is 11.8 Å². The van der Waals surface area contributed by atoms with Crippen LogP contribution in [0.25, 0.3) is 0 Å². The van der Waals surface area contributed by atoms with E-state index in [2.05, 4.69) is 49.8 Å². The van der Waals surface area contributed by atoms with E-state index in [9.17, 15) is 5.11 Å². The summed E-state index contributed by atoms with van der Waals surface area (Å²) >= 11 is 2.08. The molecule has 2 fully saturated rings. The maximum absolute atomic E-state index is 9.85. The van der Waals surface area contributed by atoms with Crippen molar-refractivity contribution in [3.8, 4) is 5.75 Å². The molecule has 148 valence electrons. The molecule has 1 aromatic rings. The van der Waals surface area contributed by atoms with E-state index in [0.29, 0.717) is 11.2 Å². The smallest absolute Gasteiger partial charge is 0.115 e. The van der Waals surface area contributed by atoms with E-state index in [4.69, 9.17) is 0 Å². The maximum atomic E-state index is 9.85. The van der Waals surface area contributed by atoms with Gasteiger partial charge in [0.05, 0.1) is 0 Å². The monoisotopic (exact) mass is 385 g/mol. The number of aromatic hydroxyl groups is 1. The van der Waals surface area contributed by atoms with E-state index in [-0.39, 0.29) is 0 Å². The first-order chi connectivity index (χ1) is 13.0. The minimum absolute atomic E-state index is 0.436. The lowest BCUT2D eigenvalue weighted by Gasteiger charge is -2.49. The Balaban J connectivity index is 1.46. The lowest BCUT2D eigenvalue weighted by atomic mass is 9.55. The Labute approximate surface area is 169 Å². The number of fused-ring (bicyclic) bond motifs is 5. The van der Waals surface area contributed by atoms with E-state index >= 15 is 0 Å². The number of allylic oxidation sites excluding steroid dienone is 1. The molecule has 4 atom stereocenters. The molecule has 0 aromatic heterocycles. The molecule has 0 saturated heterocycles. The molecule has 0 heterocycles. The minimum atomic E-state index is 0.436. The SMILES string of the molecule is CN(C)CCSC/C=C1\CCC2C3CCc4cc(O)ccc4C3CCC12C. The maximum Gasteiger partial charge on any atom is 0.115 e. The topological polar surface area (TPSA) is 23.5 Å². The number of phenols is 1. The fraction of sp³-hybridized carbons (Fsp3) is 0.667. The summed E-state index contributed by atoms with van der Waals surface area (Å²) < 4.78 is 0. The van der Waals surface area contributed by atoms with Gasteiger partial charge in [-0.15, -0.1) is 0 Å². The lowest BCUT2D eigenvalue weighted by molar-refractivity contribution is 0.0813. The first-order valence-electron chi connectivity index (χ1n) is 10.7. The number of hydrogen-bond donors (Lipinski definition) is 1. The third kappa shape index (κ3) is 3.70. The Morgan fingerprint density at radius 2 is 2.07 bits per heavy atom. The zero-order valence-electron chi connectivity index (χ0n) is 17.2. The Kier molecular flexibility index (Phi) is 5.62. The fourth-order valence-corrected chi connectivity index (χ4v) is 7.22. The number of rotatable bonds is 5. The standard InChI is InChI=1S/C24H35NOS/c1-24-12-10-21-20-8-6-19(26)16-17(20)4-7-22(21)23(24)9-5-18(24)11-14-27-15-13-25(2)3/h6,8,11,16,21-23,26H,4-5,7,9-10,12-15H2,1-3H3/b18-11+. The van der Waals surface area contributed by atoms with Gasteiger partial charge in [-0.3, -0.25) is 0 Å². The number of thioether (sulfide) groups is 1. The van der Waals surface area contributed by atoms with E-state index < -0.39 is 0 Å². The van der Waals surface area contributed by atoms with Crippen molar-refractivity contribution < 1.29 is 5.11 Å². The van der Waals surface area contributed by atoms with Crippen LogP contribution in [0.5, 0.6) is 5.75 Å². The van der Waals surface area contributed by atoms with Gasteiger partial charge in [0.2, 0.25) is 0 Å². The van der Waals surface area contributed by atoms with Crippen LogP contribution in [0.2, 0.25) is 0 Å². The second kappa shape index (κ2) is 7.83. The highest BCUT2D eigenvalue weighted by molar-refractivity contribution is 7.99. The second-order valence-corrected chi connectivity index (χ2v) is 10.6. The summed E-state index contributed by atoms with van der Waals surface area (Å²) in [7, 11) is 4.31. The van der Waals surface area contributed by atoms with Gasteiger partial charge < -0.3 is 10.0 Å². The van der Waals surface area contributed by atoms with Crippen molar-refractivity contribution in [2.24, 2.45) is 17.3 Å². The van der Waals surface area contributed by atoms with Gasteiger partial charge in [0, 0.05) is 18.1 Å². The van der Waals surface area contributed by atoms with Gasteiger partial charge in [-0.25, -0.2) is 0 Å². The van der Waals surface area contributed by atoms with Crippen LogP contribution in [0.1, 0.15) is 56.1 Å². The quantitative estimate of drug-likeness (QED) is 0.537. The van der Waals surface area contributed by atoms with Crippen LogP contribution in [-0.2, 0) is 6.42 Å². The fourth-order valence-electron chi connectivity index (χ4n) is 6.24. The number of aryl methyl sites for hydroxylation is 1. The molecule has 3 aliphatic carbocycles. The van der Waals surface area contributed by atoms with Crippen molar-refractivity contribution in [1.29, 1.82) is 0 Å². The van der Waals surface area contributed by atoms with Gasteiger partial charge in [0.1, 0.15) is 5.75 Å². The van der Waals surface area contributed by atoms with Crippen LogP contribution in [-0.4, -0.2) is 42.2 Å². The Morgan fingerprint density at radius 1 is 1.22 bits per heavy atom. The Bertz CT molecular complexity index is 712. The molecule has 1 aromatic carbocycles. The first kappa shape index (κ1) is 19.4. The highest BCUT2D eigenvalue weighted by Crippen LogP contribution is 2.62. The molecule has 0 aliphatic heterocycles. The molecule has 0 spiro atoms. The zero-order chi connectivity index (χ0) is 19.0. The Hall–Kier alpha value is -0.930. The van der Waals surface area contributed by atoms with Crippen LogP contribution in [0, 0.1) is 17.3 Å². The van der Waals surface area contributed by atoms with Gasteiger partial charge in [-0.05, 0) is 99.0 Å². The van der Waals surface area contributed by atoms with Crippen LogP contribution in [0.3, 0.4) is 0 Å². The molecule has 3 aliphatic rings. The van der Waals surface area contributed by atoms with E-state index in [1.54, 1.807) is 11.1 Å². The molecule has 0 amide bonds. The molecular formula is C24H35NOS. The molecule has 2 saturated carbocycles. The normalized spacial score (nSPS) is 33.8. The van der Waals surface area contributed by atoms with Crippen molar-refractivity contribution in [2.75, 3.05) is 32.1 Å². The summed E-state index contributed by atoms with van der Waals surface area (Å²) in [4.78, 5) is 2.27. The summed E-state index contributed by atoms with van der Waals surface area (Å²) in [6.45, 7) is 3.75. The third-order valence-electron chi connectivity index (χ3n) is 7.69. The van der Waals surface area contributed by atoms with Gasteiger partial charge >= 0.3 is 0 Å². The molecule has 27 heavy (non-hydrogen) atoms. The predicted molar refractivity (Wildman–Crippen MR) is 117 cm³/mol. The van der Waals surface area contributed by atoms with E-state index in [1.807, 2.05) is 12.1 Å². The van der Waals surface area contributed by atoms with Crippen LogP contribution in [0.4, 0.5) is 0 Å². The molecule has 0 bridgehead atoms. The summed E-state index contributed by atoms with van der Waals surface area (Å²) in [5, 5.41) is 9.85. The average molecular weight is 386 g/mol.